The van der Waals surface area contributed by atoms with Crippen LogP contribution in [0.25, 0.3) is 21.8 Å². The molecule has 0 spiro atoms. The highest BCUT2D eigenvalue weighted by molar-refractivity contribution is 6.03. The molecule has 0 aliphatic carbocycles. The van der Waals surface area contributed by atoms with E-state index in [0.29, 0.717) is 29.4 Å². The molecule has 3 N–H and O–H groups in total. The number of carbonyl (C=O) groups is 2. The summed E-state index contributed by atoms with van der Waals surface area (Å²) in [6, 6.07) is 13.3. The molecule has 2 aromatic heterocycles. The Balaban J connectivity index is 1.47. The average molecular weight is 362 g/mol. The molecule has 136 valence electrons. The molecule has 0 saturated carbocycles. The number of esters is 1. The number of amides is 1. The van der Waals surface area contributed by atoms with Crippen molar-refractivity contribution >= 4 is 39.4 Å². The minimum atomic E-state index is -0.524. The molecule has 0 saturated heterocycles. The molecule has 0 atom stereocenters. The average Bonchev–Trinajstić information content (AvgIpc) is 3.29. The fraction of sp³-hybridized carbons (Fsp3) is 0.150. The van der Waals surface area contributed by atoms with E-state index in [-0.39, 0.29) is 11.6 Å². The molecule has 4 rings (SSSR count). The summed E-state index contributed by atoms with van der Waals surface area (Å²) in [7, 11) is 1.30. The van der Waals surface area contributed by atoms with Gasteiger partial charge in [-0.25, -0.2) is 4.79 Å². The summed E-state index contributed by atoms with van der Waals surface area (Å²) >= 11 is 0. The van der Waals surface area contributed by atoms with Crippen molar-refractivity contribution in [3.8, 4) is 0 Å². The van der Waals surface area contributed by atoms with Crippen LogP contribution in [0.1, 0.15) is 22.5 Å². The van der Waals surface area contributed by atoms with E-state index >= 15 is 0 Å². The number of hydrogen-bond acceptors (Lipinski definition) is 4. The number of aromatic nitrogens is 3. The topological polar surface area (TPSA) is 99.9 Å². The van der Waals surface area contributed by atoms with E-state index in [1.54, 1.807) is 18.2 Å². The minimum absolute atomic E-state index is 0.0947. The van der Waals surface area contributed by atoms with E-state index in [2.05, 4.69) is 20.5 Å². The smallest absolute Gasteiger partial charge is 0.359 e. The van der Waals surface area contributed by atoms with Crippen LogP contribution in [0, 0.1) is 0 Å². The lowest BCUT2D eigenvalue weighted by Gasteiger charge is -2.05. The highest BCUT2D eigenvalue weighted by atomic mass is 16.5. The number of fused-ring (bicyclic) bond motifs is 2. The van der Waals surface area contributed by atoms with Crippen molar-refractivity contribution in [2.24, 2.45) is 0 Å². The Morgan fingerprint density at radius 1 is 1.11 bits per heavy atom. The van der Waals surface area contributed by atoms with Gasteiger partial charge < -0.3 is 15.0 Å². The van der Waals surface area contributed by atoms with Crippen LogP contribution in [0.4, 0.5) is 5.69 Å². The number of H-pyrrole nitrogens is 2. The van der Waals surface area contributed by atoms with Gasteiger partial charge in [0.15, 0.2) is 5.69 Å². The van der Waals surface area contributed by atoms with Gasteiger partial charge in [-0.3, -0.25) is 9.89 Å². The molecule has 4 aromatic rings. The predicted octanol–water partition coefficient (Wildman–Crippen LogP) is 3.40. The SMILES string of the molecule is COC(=O)c1n[nH]c2ccc(NC(=O)CCc3c[nH]c4ccccc34)cc12. The number of para-hydroxylation sites is 1. The van der Waals surface area contributed by atoms with E-state index in [9.17, 15) is 9.59 Å². The molecule has 0 bridgehead atoms. The summed E-state index contributed by atoms with van der Waals surface area (Å²) in [4.78, 5) is 27.3. The predicted molar refractivity (Wildman–Crippen MR) is 103 cm³/mol. The number of hydrogen-bond donors (Lipinski definition) is 3. The molecule has 0 unspecified atom stereocenters. The van der Waals surface area contributed by atoms with Gasteiger partial charge in [0.05, 0.1) is 12.6 Å². The number of anilines is 1. The number of rotatable bonds is 5. The van der Waals surface area contributed by atoms with Crippen LogP contribution in [0.15, 0.2) is 48.7 Å². The van der Waals surface area contributed by atoms with Gasteiger partial charge in [0.2, 0.25) is 5.91 Å². The van der Waals surface area contributed by atoms with E-state index in [4.69, 9.17) is 4.74 Å². The molecule has 1 amide bonds. The lowest BCUT2D eigenvalue weighted by atomic mass is 10.1. The Morgan fingerprint density at radius 2 is 1.96 bits per heavy atom. The minimum Gasteiger partial charge on any atom is -0.464 e. The van der Waals surface area contributed by atoms with Gasteiger partial charge in [0, 0.05) is 34.6 Å². The molecule has 0 aliphatic heterocycles. The summed E-state index contributed by atoms with van der Waals surface area (Å²) in [5.41, 5.74) is 3.68. The van der Waals surface area contributed by atoms with Crippen molar-refractivity contribution < 1.29 is 14.3 Å². The number of nitrogens with zero attached hydrogens (tertiary/aromatic N) is 1. The van der Waals surface area contributed by atoms with Gasteiger partial charge in [-0.2, -0.15) is 5.10 Å². The maximum Gasteiger partial charge on any atom is 0.359 e. The lowest BCUT2D eigenvalue weighted by molar-refractivity contribution is -0.116. The maximum absolute atomic E-state index is 12.4. The summed E-state index contributed by atoms with van der Waals surface area (Å²) in [6.07, 6.45) is 2.93. The highest BCUT2D eigenvalue weighted by Gasteiger charge is 2.15. The summed E-state index contributed by atoms with van der Waals surface area (Å²) in [5, 5.41) is 11.4. The molecule has 0 fully saturated rings. The zero-order valence-electron chi connectivity index (χ0n) is 14.7. The normalized spacial score (nSPS) is 11.0. The number of aryl methyl sites for hydroxylation is 1. The first kappa shape index (κ1) is 16.8. The Kier molecular flexibility index (Phi) is 4.33. The van der Waals surface area contributed by atoms with Crippen molar-refractivity contribution in [1.29, 1.82) is 0 Å². The van der Waals surface area contributed by atoms with Crippen LogP contribution < -0.4 is 5.32 Å². The number of methoxy groups -OCH3 is 1. The van der Waals surface area contributed by atoms with Crippen molar-refractivity contribution in [1.82, 2.24) is 15.2 Å². The zero-order valence-corrected chi connectivity index (χ0v) is 14.7. The first-order valence-electron chi connectivity index (χ1n) is 8.57. The van der Waals surface area contributed by atoms with E-state index in [1.807, 2.05) is 30.5 Å². The molecule has 7 nitrogen and oxygen atoms in total. The quantitative estimate of drug-likeness (QED) is 0.474. The molecule has 27 heavy (non-hydrogen) atoms. The fourth-order valence-corrected chi connectivity index (χ4v) is 3.15. The molecule has 2 aromatic carbocycles. The Morgan fingerprint density at radius 3 is 2.81 bits per heavy atom. The van der Waals surface area contributed by atoms with E-state index < -0.39 is 5.97 Å². The third-order valence-electron chi connectivity index (χ3n) is 4.52. The van der Waals surface area contributed by atoms with Crippen molar-refractivity contribution in [3.05, 3.63) is 59.9 Å². The Labute approximate surface area is 154 Å². The second kappa shape index (κ2) is 6.95. The first-order chi connectivity index (χ1) is 13.2. The van der Waals surface area contributed by atoms with Crippen LogP contribution >= 0.6 is 0 Å². The standard InChI is InChI=1S/C20H18N4O3/c1-27-20(26)19-15-10-13(7-8-17(15)23-24-19)22-18(25)9-6-12-11-21-16-5-3-2-4-14(12)16/h2-5,7-8,10-11,21H,6,9H2,1H3,(H,22,25)(H,23,24). The second-order valence-corrected chi connectivity index (χ2v) is 6.23. The zero-order chi connectivity index (χ0) is 18.8. The Bertz CT molecular complexity index is 1140. The van der Waals surface area contributed by atoms with Crippen LogP contribution in [0.5, 0.6) is 0 Å². The van der Waals surface area contributed by atoms with Gasteiger partial charge in [-0.15, -0.1) is 0 Å². The largest absolute Gasteiger partial charge is 0.464 e. The van der Waals surface area contributed by atoms with Crippen LogP contribution in [0.3, 0.4) is 0 Å². The first-order valence-corrected chi connectivity index (χ1v) is 8.57. The molecule has 2 heterocycles. The van der Waals surface area contributed by atoms with Crippen LogP contribution in [-0.2, 0) is 16.0 Å². The van der Waals surface area contributed by atoms with Crippen LogP contribution in [-0.4, -0.2) is 34.2 Å². The summed E-state index contributed by atoms with van der Waals surface area (Å²) in [6.45, 7) is 0. The maximum atomic E-state index is 12.4. The molecular formula is C20H18N4O3. The number of carbonyl (C=O) groups excluding carboxylic acids is 2. The summed E-state index contributed by atoms with van der Waals surface area (Å²) < 4.78 is 4.73. The number of aromatic amines is 2. The van der Waals surface area contributed by atoms with Gasteiger partial charge in [0.1, 0.15) is 0 Å². The monoisotopic (exact) mass is 362 g/mol. The molecular weight excluding hydrogens is 344 g/mol. The Hall–Kier alpha value is -3.61. The molecule has 0 aliphatic rings. The second-order valence-electron chi connectivity index (χ2n) is 6.23. The molecule has 0 radical (unpaired) electrons. The lowest BCUT2D eigenvalue weighted by Crippen LogP contribution is -2.12. The van der Waals surface area contributed by atoms with Crippen molar-refractivity contribution in [3.63, 3.8) is 0 Å². The number of ether oxygens (including phenoxy) is 1. The number of benzene rings is 2. The van der Waals surface area contributed by atoms with Gasteiger partial charge in [-0.1, -0.05) is 18.2 Å². The highest BCUT2D eigenvalue weighted by Crippen LogP contribution is 2.22. The van der Waals surface area contributed by atoms with E-state index in [0.717, 1.165) is 16.5 Å². The van der Waals surface area contributed by atoms with Gasteiger partial charge >= 0.3 is 5.97 Å². The summed E-state index contributed by atoms with van der Waals surface area (Å²) in [5.74, 6) is -0.619. The van der Waals surface area contributed by atoms with E-state index in [1.165, 1.54) is 7.11 Å². The van der Waals surface area contributed by atoms with Crippen LogP contribution in [0.2, 0.25) is 0 Å². The third kappa shape index (κ3) is 3.27. The van der Waals surface area contributed by atoms with Crippen molar-refractivity contribution in [2.75, 3.05) is 12.4 Å². The molecule has 7 heteroatoms. The number of nitrogens with one attached hydrogen (secondary N) is 3. The van der Waals surface area contributed by atoms with Crippen molar-refractivity contribution in [2.45, 2.75) is 12.8 Å². The van der Waals surface area contributed by atoms with Gasteiger partial charge in [0.25, 0.3) is 0 Å². The third-order valence-corrected chi connectivity index (χ3v) is 4.52. The fourth-order valence-electron chi connectivity index (χ4n) is 3.15. The van der Waals surface area contributed by atoms with Gasteiger partial charge in [-0.05, 0) is 36.2 Å².